The van der Waals surface area contributed by atoms with Crippen LogP contribution in [0.1, 0.15) is 15.9 Å². The average molecular weight is 381 g/mol. The topological polar surface area (TPSA) is 57.7 Å². The molecule has 6 heteroatoms. The number of hydrogen-bond acceptors (Lipinski definition) is 6. The summed E-state index contributed by atoms with van der Waals surface area (Å²) in [5.41, 5.74) is 2.60. The van der Waals surface area contributed by atoms with Gasteiger partial charge in [0.25, 0.3) is 0 Å². The first-order valence-electron chi connectivity index (χ1n) is 8.65. The van der Waals surface area contributed by atoms with E-state index in [2.05, 4.69) is 4.98 Å². The Morgan fingerprint density at radius 2 is 1.93 bits per heavy atom. The smallest absolute Gasteiger partial charge is 0.173 e. The summed E-state index contributed by atoms with van der Waals surface area (Å²) in [6.07, 6.45) is 0. The summed E-state index contributed by atoms with van der Waals surface area (Å²) in [6.45, 7) is 3.08. The maximum atomic E-state index is 12.6. The zero-order chi connectivity index (χ0) is 18.8. The molecule has 5 nitrogen and oxygen atoms in total. The third kappa shape index (κ3) is 3.71. The second-order valence-corrected chi connectivity index (χ2v) is 7.23. The zero-order valence-electron chi connectivity index (χ0n) is 15.2. The first kappa shape index (κ1) is 17.7. The molecule has 0 saturated heterocycles. The van der Waals surface area contributed by atoms with Gasteiger partial charge in [0, 0.05) is 17.0 Å². The van der Waals surface area contributed by atoms with E-state index in [-0.39, 0.29) is 5.78 Å². The highest BCUT2D eigenvalue weighted by Gasteiger charge is 2.15. The van der Waals surface area contributed by atoms with E-state index in [0.717, 1.165) is 27.2 Å². The van der Waals surface area contributed by atoms with Crippen LogP contribution in [0.5, 0.6) is 17.2 Å². The van der Waals surface area contributed by atoms with Crippen LogP contribution in [0.15, 0.2) is 47.5 Å². The van der Waals surface area contributed by atoms with Crippen molar-refractivity contribution >= 4 is 28.4 Å². The summed E-state index contributed by atoms with van der Waals surface area (Å²) in [7, 11) is 1.64. The fourth-order valence-corrected chi connectivity index (χ4v) is 3.86. The third-order valence-corrected chi connectivity index (χ3v) is 5.33. The minimum atomic E-state index is 0.0298. The van der Waals surface area contributed by atoms with Crippen LogP contribution in [0.25, 0.3) is 10.9 Å². The van der Waals surface area contributed by atoms with Gasteiger partial charge in [0.2, 0.25) is 0 Å². The van der Waals surface area contributed by atoms with Gasteiger partial charge in [0.1, 0.15) is 19.0 Å². The van der Waals surface area contributed by atoms with Gasteiger partial charge < -0.3 is 14.2 Å². The molecular formula is C21H19NO4S. The second kappa shape index (κ2) is 7.48. The number of benzene rings is 2. The van der Waals surface area contributed by atoms with Gasteiger partial charge in [0.05, 0.1) is 23.4 Å². The van der Waals surface area contributed by atoms with Crippen molar-refractivity contribution in [2.24, 2.45) is 0 Å². The van der Waals surface area contributed by atoms with Crippen LogP contribution < -0.4 is 14.2 Å². The van der Waals surface area contributed by atoms with Crippen LogP contribution in [0.2, 0.25) is 0 Å². The standard InChI is InChI=1S/C21H19NO4S/c1-13-9-21(22-17-11-15(24-2)4-5-16(13)17)27-12-18(23)14-3-6-19-20(10-14)26-8-7-25-19/h3-6,9-11H,7-8,12H2,1-2H3. The van der Waals surface area contributed by atoms with E-state index in [9.17, 15) is 4.79 Å². The highest BCUT2D eigenvalue weighted by molar-refractivity contribution is 7.99. The number of methoxy groups -OCH3 is 1. The fraction of sp³-hybridized carbons (Fsp3) is 0.238. The van der Waals surface area contributed by atoms with Gasteiger partial charge in [0.15, 0.2) is 17.3 Å². The molecule has 27 heavy (non-hydrogen) atoms. The van der Waals surface area contributed by atoms with Crippen molar-refractivity contribution in [2.75, 3.05) is 26.1 Å². The minimum absolute atomic E-state index is 0.0298. The van der Waals surface area contributed by atoms with Crippen LogP contribution in [0.4, 0.5) is 0 Å². The van der Waals surface area contributed by atoms with E-state index in [4.69, 9.17) is 14.2 Å². The highest BCUT2D eigenvalue weighted by Crippen LogP contribution is 2.32. The number of carbonyl (C=O) groups is 1. The predicted molar refractivity (Wildman–Crippen MR) is 106 cm³/mol. The van der Waals surface area contributed by atoms with E-state index in [1.807, 2.05) is 31.2 Å². The van der Waals surface area contributed by atoms with Gasteiger partial charge in [-0.1, -0.05) is 11.8 Å². The van der Waals surface area contributed by atoms with Crippen LogP contribution in [-0.4, -0.2) is 36.8 Å². The SMILES string of the molecule is COc1ccc2c(C)cc(SCC(=O)c3ccc4c(c3)OCCO4)nc2c1. The number of fused-ring (bicyclic) bond motifs is 2. The van der Waals surface area contributed by atoms with Crippen molar-refractivity contribution in [1.29, 1.82) is 0 Å². The maximum absolute atomic E-state index is 12.6. The molecule has 0 aliphatic carbocycles. The minimum Gasteiger partial charge on any atom is -0.497 e. The fourth-order valence-electron chi connectivity index (χ4n) is 2.99. The van der Waals surface area contributed by atoms with Gasteiger partial charge in [-0.15, -0.1) is 0 Å². The van der Waals surface area contributed by atoms with Crippen LogP contribution >= 0.6 is 11.8 Å². The molecule has 1 aliphatic rings. The summed E-state index contributed by atoms with van der Waals surface area (Å²) >= 11 is 1.43. The van der Waals surface area contributed by atoms with Crippen LogP contribution in [0, 0.1) is 6.92 Å². The first-order valence-corrected chi connectivity index (χ1v) is 9.63. The number of aryl methyl sites for hydroxylation is 1. The molecule has 1 aromatic heterocycles. The summed E-state index contributed by atoms with van der Waals surface area (Å²) < 4.78 is 16.3. The van der Waals surface area contributed by atoms with Gasteiger partial charge >= 0.3 is 0 Å². The van der Waals surface area contributed by atoms with Crippen molar-refractivity contribution in [1.82, 2.24) is 4.98 Å². The van der Waals surface area contributed by atoms with Gasteiger partial charge in [-0.3, -0.25) is 4.79 Å². The van der Waals surface area contributed by atoms with E-state index in [0.29, 0.717) is 36.0 Å². The van der Waals surface area contributed by atoms with Crippen molar-refractivity contribution in [2.45, 2.75) is 11.9 Å². The monoisotopic (exact) mass is 381 g/mol. The van der Waals surface area contributed by atoms with Crippen molar-refractivity contribution in [3.8, 4) is 17.2 Å². The summed E-state index contributed by atoms with van der Waals surface area (Å²) in [6, 6.07) is 13.2. The Morgan fingerprint density at radius 1 is 1.11 bits per heavy atom. The molecule has 0 bridgehead atoms. The van der Waals surface area contributed by atoms with Crippen molar-refractivity contribution in [3.63, 3.8) is 0 Å². The summed E-state index contributed by atoms with van der Waals surface area (Å²) in [5.74, 6) is 2.42. The van der Waals surface area contributed by atoms with E-state index in [1.54, 1.807) is 25.3 Å². The largest absolute Gasteiger partial charge is 0.497 e. The predicted octanol–water partition coefficient (Wildman–Crippen LogP) is 4.30. The first-order chi connectivity index (χ1) is 13.1. The molecule has 1 aliphatic heterocycles. The molecule has 0 amide bonds. The van der Waals surface area contributed by atoms with E-state index >= 15 is 0 Å². The van der Waals surface area contributed by atoms with Gasteiger partial charge in [-0.2, -0.15) is 0 Å². The Balaban J connectivity index is 1.51. The quantitative estimate of drug-likeness (QED) is 0.485. The maximum Gasteiger partial charge on any atom is 0.173 e. The molecular weight excluding hydrogens is 362 g/mol. The summed E-state index contributed by atoms with van der Waals surface area (Å²) in [4.78, 5) is 17.3. The Bertz CT molecular complexity index is 1020. The van der Waals surface area contributed by atoms with Crippen molar-refractivity contribution in [3.05, 3.63) is 53.6 Å². The number of pyridine rings is 1. The lowest BCUT2D eigenvalue weighted by atomic mass is 10.1. The molecule has 3 aromatic rings. The molecule has 0 atom stereocenters. The normalized spacial score (nSPS) is 12.8. The van der Waals surface area contributed by atoms with Gasteiger partial charge in [-0.25, -0.2) is 4.98 Å². The van der Waals surface area contributed by atoms with E-state index in [1.165, 1.54) is 11.8 Å². The second-order valence-electron chi connectivity index (χ2n) is 6.23. The molecule has 138 valence electrons. The molecule has 0 radical (unpaired) electrons. The molecule has 0 N–H and O–H groups in total. The molecule has 2 heterocycles. The Labute approximate surface area is 161 Å². The molecule has 2 aromatic carbocycles. The molecule has 0 fully saturated rings. The lowest BCUT2D eigenvalue weighted by Crippen LogP contribution is -2.16. The molecule has 0 saturated carbocycles. The Kier molecular flexibility index (Phi) is 4.90. The number of thioether (sulfide) groups is 1. The zero-order valence-corrected chi connectivity index (χ0v) is 16.0. The number of hydrogen-bond donors (Lipinski definition) is 0. The number of ether oxygens (including phenoxy) is 3. The van der Waals surface area contributed by atoms with Crippen molar-refractivity contribution < 1.29 is 19.0 Å². The number of aromatic nitrogens is 1. The Hall–Kier alpha value is -2.73. The molecule has 4 rings (SSSR count). The highest BCUT2D eigenvalue weighted by atomic mass is 32.2. The van der Waals surface area contributed by atoms with Crippen LogP contribution in [-0.2, 0) is 0 Å². The third-order valence-electron chi connectivity index (χ3n) is 4.42. The van der Waals surface area contributed by atoms with Gasteiger partial charge in [-0.05, 0) is 48.9 Å². The Morgan fingerprint density at radius 3 is 2.74 bits per heavy atom. The number of nitrogens with zero attached hydrogens (tertiary/aromatic N) is 1. The number of rotatable bonds is 5. The van der Waals surface area contributed by atoms with Crippen LogP contribution in [0.3, 0.4) is 0 Å². The molecule has 0 unspecified atom stereocenters. The number of ketones is 1. The summed E-state index contributed by atoms with van der Waals surface area (Å²) in [5, 5.41) is 1.90. The number of Topliss-reactive ketones (excluding diaryl/α,β-unsaturated/α-hetero) is 1. The lowest BCUT2D eigenvalue weighted by molar-refractivity contribution is 0.102. The lowest BCUT2D eigenvalue weighted by Gasteiger charge is -2.18. The number of carbonyl (C=O) groups excluding carboxylic acids is 1. The van der Waals surface area contributed by atoms with E-state index < -0.39 is 0 Å². The molecule has 0 spiro atoms. The average Bonchev–Trinajstić information content (AvgIpc) is 2.71.